The molecule has 7 spiro atoms. The number of nitrogens with two attached hydrogens (primary N) is 2. The minimum absolute atomic E-state index is 0. The molecule has 12 aliphatic carbocycles. The lowest BCUT2D eigenvalue weighted by Crippen LogP contribution is -2.46. The standard InChI is InChI=1S/C21H29BO4.C21H29N3O3.C17H23N3O3.C16H18N2O2.C15H18O3.C5H11NSi.C4H7Br.CH5NO.ClH/c1-19(2)20(3,4)26-22(25-19)15-7-6-14-13-21(18(23)17(14)12-15)10-8-16(24-5)9-11-21;1-24-19(22)23-21(27-24)18-11-17(26-13-14-3-4-14)6-5-15(18)12-20(21)9-7-16(25-2)8-10-20;1-20-15(18)19-17(23-20)14-9-12(21)4-3-11(14)10-16(17)7-5-13(22-2)6-8-16;1-20-13-4-6-16(7-5-13)9-11-2-3-12(19)8-14(11)15(16)18-10-17;1-18-12-4-6-15(7-5-12)9-10-2-3-11(16)8-13(10)14(15)17;1-5-6-7(2,3)4;5-3-4-1-2-4;1-2-3;/h6-7,12,16H,8-11,13H2,1-5H3;5-6,11,14,16H,3-4,7-10,12-13H2,1-2H3,(H2,22,23);3-4,9,13,21H,5-8,10H2,1-2H3,(H2,18,19);2-3,8,13,19H,4-7,9H2,1H3;2-3,8,12,16H,4-7,9H2,1H3;1H2,2-4H3;4H,1-3H2;2-3H,1H3;1H. The molecule has 2 unspecified atom stereocenters. The zero-order valence-corrected chi connectivity index (χ0v) is 82.6. The lowest BCUT2D eigenvalue weighted by molar-refractivity contribution is -0.232. The van der Waals surface area contributed by atoms with Gasteiger partial charge in [0.2, 0.25) is 29.6 Å². The molecule has 3 heterocycles. The lowest BCUT2D eigenvalue weighted by Gasteiger charge is -2.45. The number of benzene rings is 5. The summed E-state index contributed by atoms with van der Waals surface area (Å²) in [5.41, 5.74) is 23.3. The topological polar surface area (TPSA) is 351 Å². The molecule has 20 rings (SSSR count). The highest BCUT2D eigenvalue weighted by Crippen LogP contribution is 2.65. The number of carbonyl (C=O) groups excluding carboxylic acids is 2. The van der Waals surface area contributed by atoms with E-state index in [1.54, 1.807) is 94.6 Å². The summed E-state index contributed by atoms with van der Waals surface area (Å²) in [5, 5.41) is 49.9. The van der Waals surface area contributed by atoms with Crippen LogP contribution in [0.3, 0.4) is 0 Å². The number of methoxy groups -OCH3 is 5. The number of halogens is 2. The van der Waals surface area contributed by atoms with Crippen LogP contribution in [-0.2, 0) is 86.2 Å². The summed E-state index contributed by atoms with van der Waals surface area (Å²) in [4.78, 5) is 52.2. The van der Waals surface area contributed by atoms with Gasteiger partial charge in [0.1, 0.15) is 23.0 Å². The molecule has 9 N–H and O–H groups in total. The van der Waals surface area contributed by atoms with E-state index in [9.17, 15) is 24.9 Å². The molecule has 0 amide bonds. The maximum absolute atomic E-state index is 13.3. The fourth-order valence-corrected chi connectivity index (χ4v) is 23.0. The summed E-state index contributed by atoms with van der Waals surface area (Å²) in [7, 11) is 12.3. The molecule has 7 saturated carbocycles. The maximum atomic E-state index is 13.3. The second kappa shape index (κ2) is 41.7. The third kappa shape index (κ3) is 21.4. The fourth-order valence-electron chi connectivity index (χ4n) is 21.9. The third-order valence-electron chi connectivity index (χ3n) is 30.6. The van der Waals surface area contributed by atoms with Gasteiger partial charge < -0.3 is 69.7 Å². The first-order valence-electron chi connectivity index (χ1n) is 46.6. The fraction of sp³-hybridized carbons (Fsp3) is 0.620. The molecule has 26 nitrogen and oxygen atoms in total. The number of Topliss-reactive ketones (excluding diaryl/α,β-unsaturated/α-hetero) is 2. The van der Waals surface area contributed by atoms with Crippen molar-refractivity contribution in [3.8, 4) is 29.2 Å². The highest BCUT2D eigenvalue weighted by atomic mass is 79.9. The quantitative estimate of drug-likeness (QED) is 0.0212. The van der Waals surface area contributed by atoms with E-state index in [1.165, 1.54) is 60.3 Å². The Morgan fingerprint density at radius 3 is 1.27 bits per heavy atom. The smallest absolute Gasteiger partial charge is 0.494 e. The first kappa shape index (κ1) is 101. The van der Waals surface area contributed by atoms with Crippen molar-refractivity contribution in [3.63, 3.8) is 0 Å². The van der Waals surface area contributed by atoms with Crippen LogP contribution in [0.1, 0.15) is 247 Å². The van der Waals surface area contributed by atoms with Crippen LogP contribution in [0.25, 0.3) is 0 Å². The Bertz CT molecular complexity index is 4970. The molecule has 30 heteroatoms. The summed E-state index contributed by atoms with van der Waals surface area (Å²) >= 11 is 3.38. The van der Waals surface area contributed by atoms with E-state index in [2.05, 4.69) is 116 Å². The average molecular weight is 1890 g/mol. The second-order valence-corrected chi connectivity index (χ2v) is 45.7. The molecule has 130 heavy (non-hydrogen) atoms. The van der Waals surface area contributed by atoms with Gasteiger partial charge in [-0.15, -0.1) is 12.4 Å². The van der Waals surface area contributed by atoms with Gasteiger partial charge >= 0.3 is 7.12 Å². The molecule has 2 atom stereocenters. The molecule has 15 aliphatic rings. The molecule has 5 aromatic rings. The summed E-state index contributed by atoms with van der Waals surface area (Å²) in [5.74, 6) is 7.25. The number of carbonyl (C=O) groups is 2. The number of phenolic OH excluding ortho intramolecular Hbond substituents is 3. The molecule has 1 saturated heterocycles. The van der Waals surface area contributed by atoms with Crippen molar-refractivity contribution in [2.45, 2.75) is 287 Å². The number of alkyl halides is 1. The second-order valence-electron chi connectivity index (χ2n) is 40.4. The predicted octanol–water partition coefficient (Wildman–Crippen LogP) is 17.1. The molecule has 0 radical (unpaired) electrons. The number of rotatable bonds is 11. The number of hydroxylamine groups is 5. The van der Waals surface area contributed by atoms with Gasteiger partial charge in [-0.2, -0.15) is 10.3 Å². The first-order valence-corrected chi connectivity index (χ1v) is 51.1. The highest BCUT2D eigenvalue weighted by Gasteiger charge is 2.66. The minimum atomic E-state index is -1.21. The summed E-state index contributed by atoms with van der Waals surface area (Å²) in [6.07, 6.45) is 32.9. The van der Waals surface area contributed by atoms with Crippen molar-refractivity contribution >= 4 is 84.2 Å². The number of aromatic hydroxyl groups is 3. The summed E-state index contributed by atoms with van der Waals surface area (Å²) in [6, 6.07) is 28.7. The van der Waals surface area contributed by atoms with Gasteiger partial charge in [-0.05, 0) is 340 Å². The number of ketones is 2. The number of hydrogen-bond acceptors (Lipinski definition) is 26. The number of fused-ring (bicyclic) bond motifs is 9. The van der Waals surface area contributed by atoms with Crippen molar-refractivity contribution in [2.75, 3.05) is 68.6 Å². The van der Waals surface area contributed by atoms with E-state index in [0.29, 0.717) is 48.2 Å². The number of hydrogen-bond donors (Lipinski definition) is 7. The number of nitrogens with zero attached hydrogens (tertiary/aromatic N) is 7. The van der Waals surface area contributed by atoms with Crippen LogP contribution in [0.2, 0.25) is 19.6 Å². The first-order chi connectivity index (χ1) is 61.5. The van der Waals surface area contributed by atoms with Gasteiger partial charge in [0, 0.05) is 117 Å². The monoisotopic (exact) mass is 1890 g/mol. The number of ether oxygens (including phenoxy) is 6. The van der Waals surface area contributed by atoms with Gasteiger partial charge in [-0.3, -0.25) is 14.2 Å². The molecule has 8 fully saturated rings. The Hall–Kier alpha value is -7.60. The molecule has 5 aromatic carbocycles. The Morgan fingerprint density at radius 2 is 0.900 bits per heavy atom. The molecule has 3 aliphatic heterocycles. The van der Waals surface area contributed by atoms with Crippen molar-refractivity contribution < 1.29 is 77.5 Å². The van der Waals surface area contributed by atoms with E-state index in [-0.39, 0.29) is 73.7 Å². The van der Waals surface area contributed by atoms with Crippen molar-refractivity contribution in [1.82, 2.24) is 15.6 Å². The van der Waals surface area contributed by atoms with E-state index in [1.807, 2.05) is 37.5 Å². The zero-order chi connectivity index (χ0) is 92.9. The van der Waals surface area contributed by atoms with Gasteiger partial charge in [-0.25, -0.2) is 35.3 Å². The largest absolute Gasteiger partial charge is 0.508 e. The molecule has 0 bridgehead atoms. The number of nitrogens with one attached hydrogen (secondary N) is 1. The van der Waals surface area contributed by atoms with E-state index in [0.717, 1.165) is 229 Å². The van der Waals surface area contributed by atoms with Crippen LogP contribution in [0, 0.1) is 50.4 Å². The molecular formula is C100H141BBrClN10O16Si. The third-order valence-corrected chi connectivity index (χ3v) is 32.3. The normalized spacial score (nSPS) is 30.6. The maximum Gasteiger partial charge on any atom is 0.494 e. The van der Waals surface area contributed by atoms with Crippen LogP contribution in [0.5, 0.6) is 23.0 Å². The van der Waals surface area contributed by atoms with Crippen LogP contribution < -0.4 is 27.1 Å². The number of nitriles is 1. The summed E-state index contributed by atoms with van der Waals surface area (Å²) in [6.45, 7) is 18.8. The highest BCUT2D eigenvalue weighted by molar-refractivity contribution is 9.09. The van der Waals surface area contributed by atoms with Crippen LogP contribution in [-0.4, -0.2) is 191 Å². The predicted molar refractivity (Wildman–Crippen MR) is 514 cm³/mol. The van der Waals surface area contributed by atoms with Crippen LogP contribution in [0.4, 0.5) is 0 Å². The Kier molecular flexibility index (Phi) is 32.5. The minimum Gasteiger partial charge on any atom is -0.508 e. The van der Waals surface area contributed by atoms with Crippen LogP contribution >= 0.6 is 28.3 Å². The Morgan fingerprint density at radius 1 is 0.538 bits per heavy atom. The van der Waals surface area contributed by atoms with Crippen molar-refractivity contribution in [1.29, 1.82) is 5.26 Å². The van der Waals surface area contributed by atoms with E-state index >= 15 is 0 Å². The van der Waals surface area contributed by atoms with Gasteiger partial charge in [0.15, 0.2) is 19.8 Å². The van der Waals surface area contributed by atoms with Gasteiger partial charge in [0.25, 0.3) is 0 Å². The molecular weight excluding hydrogens is 1750 g/mol. The zero-order valence-electron chi connectivity index (χ0n) is 79.2. The van der Waals surface area contributed by atoms with Crippen molar-refractivity contribution in [3.05, 3.63) is 153 Å². The molecule has 0 aromatic heterocycles. The average Bonchev–Trinajstić information content (AvgIpc) is 1.54. The van der Waals surface area contributed by atoms with E-state index in [4.69, 9.17) is 79.3 Å². The number of guanidine groups is 2. The van der Waals surface area contributed by atoms with Gasteiger partial charge in [0.05, 0.1) is 54.0 Å². The molecule has 708 valence electrons. The Labute approximate surface area is 785 Å². The number of aliphatic imine (C=N–C) groups is 3. The SMILES string of the molecule is BrCC1CC1.C=C=N[Si](C)(C)C.CNO.COC1CCC2(CC1)Cc1ccc(B3OC(C)(C)C(C)(C)O3)cc1C2=O.COC1CCC2(CC1)Cc1ccc(O)cc1C21N=C(N)N(C)O1.COC1CCC2(CC1)Cc1ccc(O)cc1C2=NC#N.COC1CCC2(CC1)Cc1ccc(O)cc1C2=O.COC1CCC2(CC1)Cc1ccc(OCC3CC3)cc1C21N=C(N)N(C)O1.Cl. The van der Waals surface area contributed by atoms with E-state index < -0.39 is 26.8 Å². The lowest BCUT2D eigenvalue weighted by atomic mass is 9.66. The van der Waals surface area contributed by atoms with Crippen molar-refractivity contribution in [2.24, 2.45) is 70.0 Å². The van der Waals surface area contributed by atoms with Crippen LogP contribution in [0.15, 0.2) is 117 Å². The van der Waals surface area contributed by atoms with Gasteiger partial charge in [-0.1, -0.05) is 58.4 Å². The number of phenols is 3. The summed E-state index contributed by atoms with van der Waals surface area (Å²) < 4.78 is 49.9. The Balaban J connectivity index is 0.000000142.